The number of amides is 2. The molecule has 3 heterocycles. The lowest BCUT2D eigenvalue weighted by Gasteiger charge is -2.31. The van der Waals surface area contributed by atoms with Gasteiger partial charge in [-0.2, -0.15) is 0 Å². The third-order valence-corrected chi connectivity index (χ3v) is 4.97. The third-order valence-electron chi connectivity index (χ3n) is 4.97. The average molecular weight is 325 g/mol. The second kappa shape index (κ2) is 5.74. The molecule has 1 N–H and O–H groups in total. The number of nitrogens with one attached hydrogen (secondary N) is 1. The highest BCUT2D eigenvalue weighted by molar-refractivity contribution is 5.93. The monoisotopic (exact) mass is 325 g/mol. The van der Waals surface area contributed by atoms with Crippen LogP contribution in [0.15, 0.2) is 36.5 Å². The van der Waals surface area contributed by atoms with Gasteiger partial charge in [-0.1, -0.05) is 23.4 Å². The van der Waals surface area contributed by atoms with Crippen LogP contribution in [0.2, 0.25) is 0 Å². The van der Waals surface area contributed by atoms with Crippen molar-refractivity contribution in [3.63, 3.8) is 0 Å². The molecule has 7 nitrogen and oxygen atoms in total. The molecule has 2 aromatic rings. The highest BCUT2D eigenvalue weighted by Gasteiger charge is 2.47. The highest BCUT2D eigenvalue weighted by Crippen LogP contribution is 2.37. The van der Waals surface area contributed by atoms with Gasteiger partial charge in [-0.05, 0) is 31.4 Å². The van der Waals surface area contributed by atoms with E-state index in [-0.39, 0.29) is 11.8 Å². The van der Waals surface area contributed by atoms with E-state index in [0.717, 1.165) is 31.5 Å². The molecule has 2 aliphatic heterocycles. The quantitative estimate of drug-likeness (QED) is 0.893. The van der Waals surface area contributed by atoms with Crippen molar-refractivity contribution >= 4 is 11.8 Å². The van der Waals surface area contributed by atoms with E-state index in [4.69, 9.17) is 0 Å². The SMILES string of the molecule is O=C(c1cn(-c2ccccc2)nn1)N1CC[C@@]2(CCCNC2=O)C1. The van der Waals surface area contributed by atoms with Gasteiger partial charge >= 0.3 is 0 Å². The van der Waals surface area contributed by atoms with Crippen LogP contribution in [-0.2, 0) is 4.79 Å². The fourth-order valence-electron chi connectivity index (χ4n) is 3.60. The molecule has 2 amide bonds. The van der Waals surface area contributed by atoms with Crippen molar-refractivity contribution in [2.45, 2.75) is 19.3 Å². The zero-order valence-corrected chi connectivity index (χ0v) is 13.3. The summed E-state index contributed by atoms with van der Waals surface area (Å²) in [7, 11) is 0. The lowest BCUT2D eigenvalue weighted by molar-refractivity contribution is -0.132. The predicted octanol–water partition coefficient (Wildman–Crippen LogP) is 1.01. The number of aromatic nitrogens is 3. The zero-order valence-electron chi connectivity index (χ0n) is 13.3. The Morgan fingerprint density at radius 2 is 2.04 bits per heavy atom. The molecule has 2 saturated heterocycles. The van der Waals surface area contributed by atoms with E-state index in [9.17, 15) is 9.59 Å². The molecule has 2 aliphatic rings. The predicted molar refractivity (Wildman–Crippen MR) is 86.6 cm³/mol. The maximum Gasteiger partial charge on any atom is 0.276 e. The smallest absolute Gasteiger partial charge is 0.276 e. The molecular weight excluding hydrogens is 306 g/mol. The van der Waals surface area contributed by atoms with Gasteiger partial charge in [-0.25, -0.2) is 4.68 Å². The van der Waals surface area contributed by atoms with Crippen molar-refractivity contribution in [3.8, 4) is 5.69 Å². The van der Waals surface area contributed by atoms with Crippen molar-refractivity contribution < 1.29 is 9.59 Å². The first-order valence-corrected chi connectivity index (χ1v) is 8.23. The third kappa shape index (κ3) is 2.46. The molecule has 124 valence electrons. The van der Waals surface area contributed by atoms with Gasteiger partial charge in [0.1, 0.15) is 0 Å². The van der Waals surface area contributed by atoms with E-state index in [0.29, 0.717) is 18.8 Å². The summed E-state index contributed by atoms with van der Waals surface area (Å²) in [4.78, 5) is 26.7. The minimum Gasteiger partial charge on any atom is -0.356 e. The number of nitrogens with zero attached hydrogens (tertiary/aromatic N) is 4. The Morgan fingerprint density at radius 1 is 1.21 bits per heavy atom. The van der Waals surface area contributed by atoms with Crippen LogP contribution in [0.4, 0.5) is 0 Å². The van der Waals surface area contributed by atoms with Gasteiger partial charge in [0.15, 0.2) is 5.69 Å². The first-order chi connectivity index (χ1) is 11.7. The van der Waals surface area contributed by atoms with Gasteiger partial charge in [0, 0.05) is 19.6 Å². The van der Waals surface area contributed by atoms with Crippen LogP contribution in [0.3, 0.4) is 0 Å². The van der Waals surface area contributed by atoms with E-state index < -0.39 is 5.41 Å². The van der Waals surface area contributed by atoms with E-state index in [2.05, 4.69) is 15.6 Å². The summed E-state index contributed by atoms with van der Waals surface area (Å²) < 4.78 is 1.59. The maximum absolute atomic E-state index is 12.7. The maximum atomic E-state index is 12.7. The first-order valence-electron chi connectivity index (χ1n) is 8.23. The summed E-state index contributed by atoms with van der Waals surface area (Å²) >= 11 is 0. The highest BCUT2D eigenvalue weighted by atomic mass is 16.2. The molecule has 0 saturated carbocycles. The van der Waals surface area contributed by atoms with Crippen LogP contribution in [0.1, 0.15) is 29.8 Å². The Balaban J connectivity index is 1.51. The summed E-state index contributed by atoms with van der Waals surface area (Å²) in [6.45, 7) is 1.79. The van der Waals surface area contributed by atoms with Crippen molar-refractivity contribution in [2.75, 3.05) is 19.6 Å². The number of hydrogen-bond donors (Lipinski definition) is 1. The van der Waals surface area contributed by atoms with E-state index >= 15 is 0 Å². The van der Waals surface area contributed by atoms with Crippen molar-refractivity contribution in [3.05, 3.63) is 42.2 Å². The van der Waals surface area contributed by atoms with Crippen LogP contribution >= 0.6 is 0 Å². The number of carbonyl (C=O) groups excluding carboxylic acids is 2. The largest absolute Gasteiger partial charge is 0.356 e. The van der Waals surface area contributed by atoms with Crippen molar-refractivity contribution in [1.82, 2.24) is 25.2 Å². The minimum atomic E-state index is -0.413. The van der Waals surface area contributed by atoms with Crippen LogP contribution in [0, 0.1) is 5.41 Å². The van der Waals surface area contributed by atoms with Gasteiger partial charge in [-0.15, -0.1) is 5.10 Å². The second-order valence-corrected chi connectivity index (χ2v) is 6.50. The fraction of sp³-hybridized carbons (Fsp3) is 0.412. The molecule has 0 radical (unpaired) electrons. The van der Waals surface area contributed by atoms with E-state index in [1.165, 1.54) is 0 Å². The number of likely N-dealkylation sites (tertiary alicyclic amines) is 1. The van der Waals surface area contributed by atoms with Crippen LogP contribution in [-0.4, -0.2) is 51.3 Å². The lowest BCUT2D eigenvalue weighted by atomic mass is 9.79. The fourth-order valence-corrected chi connectivity index (χ4v) is 3.60. The van der Waals surface area contributed by atoms with Gasteiger partial charge in [0.05, 0.1) is 17.3 Å². The molecule has 0 bridgehead atoms. The van der Waals surface area contributed by atoms with Crippen LogP contribution in [0.5, 0.6) is 0 Å². The Kier molecular flexibility index (Phi) is 3.55. The zero-order chi connectivity index (χ0) is 16.6. The average Bonchev–Trinajstić information content (AvgIpc) is 3.26. The molecule has 0 unspecified atom stereocenters. The summed E-state index contributed by atoms with van der Waals surface area (Å²) in [5.41, 5.74) is 0.754. The van der Waals surface area contributed by atoms with E-state index in [1.54, 1.807) is 15.8 Å². The Labute approximate surface area is 139 Å². The molecule has 1 spiro atoms. The van der Waals surface area contributed by atoms with Crippen LogP contribution < -0.4 is 5.32 Å². The molecule has 24 heavy (non-hydrogen) atoms. The number of piperidine rings is 1. The Morgan fingerprint density at radius 3 is 2.83 bits per heavy atom. The lowest BCUT2D eigenvalue weighted by Crippen LogP contribution is -2.47. The summed E-state index contributed by atoms with van der Waals surface area (Å²) in [6.07, 6.45) is 4.18. The molecule has 2 fully saturated rings. The van der Waals surface area contributed by atoms with Crippen LogP contribution in [0.25, 0.3) is 5.69 Å². The van der Waals surface area contributed by atoms with Gasteiger partial charge in [0.25, 0.3) is 5.91 Å². The second-order valence-electron chi connectivity index (χ2n) is 6.50. The molecule has 4 rings (SSSR count). The number of rotatable bonds is 2. The first kappa shape index (κ1) is 14.9. The van der Waals surface area contributed by atoms with E-state index in [1.807, 2.05) is 30.3 Å². The number of para-hydroxylation sites is 1. The summed E-state index contributed by atoms with van der Waals surface area (Å²) in [5, 5.41) is 11.0. The summed E-state index contributed by atoms with van der Waals surface area (Å²) in [5.74, 6) is -0.0792. The number of carbonyl (C=O) groups is 2. The molecule has 0 aliphatic carbocycles. The topological polar surface area (TPSA) is 80.1 Å². The number of hydrogen-bond acceptors (Lipinski definition) is 4. The molecular formula is C17H19N5O2. The number of benzene rings is 1. The minimum absolute atomic E-state index is 0.0805. The molecule has 7 heteroatoms. The molecule has 1 aromatic heterocycles. The normalized spacial score (nSPS) is 23.5. The van der Waals surface area contributed by atoms with Crippen molar-refractivity contribution in [1.29, 1.82) is 0 Å². The standard InChI is InChI=1S/C17H19N5O2/c23-15(14-11-22(20-19-14)13-5-2-1-3-6-13)21-10-8-17(12-21)7-4-9-18-16(17)24/h1-3,5-6,11H,4,7-10,12H2,(H,18,24)/t17-/m0/s1. The summed E-state index contributed by atoms with van der Waals surface area (Å²) in [6, 6.07) is 9.54. The molecule has 1 atom stereocenters. The molecule has 1 aromatic carbocycles. The van der Waals surface area contributed by atoms with Gasteiger partial charge in [-0.3, -0.25) is 9.59 Å². The van der Waals surface area contributed by atoms with Crippen molar-refractivity contribution in [2.24, 2.45) is 5.41 Å². The van der Waals surface area contributed by atoms with Gasteiger partial charge < -0.3 is 10.2 Å². The van der Waals surface area contributed by atoms with Gasteiger partial charge in [0.2, 0.25) is 5.91 Å². The Hall–Kier alpha value is -2.70. The Bertz CT molecular complexity index is 772.